The number of nitrogens with zero attached hydrogens (tertiary/aromatic N) is 4. The Balaban J connectivity index is 2.12. The number of hydrogen-bond donors (Lipinski definition) is 1. The van der Waals surface area contributed by atoms with Crippen LogP contribution in [0.25, 0.3) is 5.69 Å². The fraction of sp³-hybridized carbons (Fsp3) is 0.500. The summed E-state index contributed by atoms with van der Waals surface area (Å²) in [5.74, 6) is 0.561. The van der Waals surface area contributed by atoms with Gasteiger partial charge in [-0.05, 0) is 42.8 Å². The van der Waals surface area contributed by atoms with Crippen LogP contribution in [0.3, 0.4) is 0 Å². The van der Waals surface area contributed by atoms with Crippen molar-refractivity contribution in [2.24, 2.45) is 0 Å². The van der Waals surface area contributed by atoms with Gasteiger partial charge < -0.3 is 5.32 Å². The van der Waals surface area contributed by atoms with E-state index < -0.39 is 0 Å². The van der Waals surface area contributed by atoms with Crippen molar-refractivity contribution in [3.8, 4) is 5.69 Å². The Kier molecular flexibility index (Phi) is 5.63. The van der Waals surface area contributed by atoms with Gasteiger partial charge >= 0.3 is 0 Å². The lowest BCUT2D eigenvalue weighted by Gasteiger charge is -2.15. The second-order valence-corrected chi connectivity index (χ2v) is 5.53. The molecule has 2 aromatic rings. The minimum Gasteiger partial charge on any atom is -0.350 e. The summed E-state index contributed by atoms with van der Waals surface area (Å²) in [5, 5.41) is 14.5. The molecule has 0 aliphatic rings. The largest absolute Gasteiger partial charge is 0.350 e. The molecule has 6 nitrogen and oxygen atoms in total. The number of benzene rings is 1. The fourth-order valence-electron chi connectivity index (χ4n) is 2.38. The highest BCUT2D eigenvalue weighted by molar-refractivity contribution is 5.97. The van der Waals surface area contributed by atoms with E-state index in [2.05, 4.69) is 27.8 Å². The van der Waals surface area contributed by atoms with Crippen LogP contribution in [-0.4, -0.2) is 32.2 Å². The van der Waals surface area contributed by atoms with Crippen molar-refractivity contribution in [3.05, 3.63) is 35.7 Å². The van der Waals surface area contributed by atoms with Gasteiger partial charge in [0, 0.05) is 6.04 Å². The summed E-state index contributed by atoms with van der Waals surface area (Å²) in [4.78, 5) is 12.5. The summed E-state index contributed by atoms with van der Waals surface area (Å²) in [7, 11) is 0. The van der Waals surface area contributed by atoms with Gasteiger partial charge in [0.15, 0.2) is 5.82 Å². The average molecular weight is 301 g/mol. The average Bonchev–Trinajstić information content (AvgIpc) is 2.93. The van der Waals surface area contributed by atoms with Crippen molar-refractivity contribution >= 4 is 5.91 Å². The number of tetrazole rings is 1. The summed E-state index contributed by atoms with van der Waals surface area (Å²) in [6.07, 6.45) is 4.50. The molecule has 22 heavy (non-hydrogen) atoms. The first-order chi connectivity index (χ1) is 10.6. The van der Waals surface area contributed by atoms with Gasteiger partial charge in [0.2, 0.25) is 0 Å². The van der Waals surface area contributed by atoms with Crippen molar-refractivity contribution in [1.82, 2.24) is 25.5 Å². The highest BCUT2D eigenvalue weighted by Crippen LogP contribution is 2.15. The van der Waals surface area contributed by atoms with E-state index >= 15 is 0 Å². The summed E-state index contributed by atoms with van der Waals surface area (Å²) >= 11 is 0. The quantitative estimate of drug-likeness (QED) is 0.798. The van der Waals surface area contributed by atoms with Crippen molar-refractivity contribution in [3.63, 3.8) is 0 Å². The number of rotatable bonds is 7. The topological polar surface area (TPSA) is 72.7 Å². The highest BCUT2D eigenvalue weighted by atomic mass is 16.1. The zero-order valence-corrected chi connectivity index (χ0v) is 13.4. The summed E-state index contributed by atoms with van der Waals surface area (Å²) in [6, 6.07) is 7.52. The number of aryl methyl sites for hydroxylation is 1. The lowest BCUT2D eigenvalue weighted by atomic mass is 10.1. The van der Waals surface area contributed by atoms with E-state index in [1.54, 1.807) is 10.7 Å². The number of hydrogen-bond acceptors (Lipinski definition) is 4. The maximum atomic E-state index is 12.5. The van der Waals surface area contributed by atoms with Crippen molar-refractivity contribution in [2.75, 3.05) is 0 Å². The Labute approximate surface area is 130 Å². The number of unbranched alkanes of at least 4 members (excludes halogenated alkanes) is 2. The third-order valence-electron chi connectivity index (χ3n) is 3.62. The van der Waals surface area contributed by atoms with E-state index in [0.29, 0.717) is 17.1 Å². The molecular weight excluding hydrogens is 278 g/mol. The van der Waals surface area contributed by atoms with E-state index in [0.717, 1.165) is 12.8 Å². The molecule has 6 heteroatoms. The predicted molar refractivity (Wildman–Crippen MR) is 85.0 cm³/mol. The predicted octanol–water partition coefficient (Wildman–Crippen LogP) is 2.67. The molecule has 1 heterocycles. The Morgan fingerprint density at radius 2 is 2.09 bits per heavy atom. The van der Waals surface area contributed by atoms with Gasteiger partial charge in [-0.25, -0.2) is 0 Å². The fourth-order valence-corrected chi connectivity index (χ4v) is 2.38. The molecule has 0 aliphatic carbocycles. The van der Waals surface area contributed by atoms with Crippen molar-refractivity contribution in [1.29, 1.82) is 0 Å². The third-order valence-corrected chi connectivity index (χ3v) is 3.62. The van der Waals surface area contributed by atoms with E-state index in [1.165, 1.54) is 12.8 Å². The second-order valence-electron chi connectivity index (χ2n) is 5.53. The molecule has 1 atom stereocenters. The molecule has 2 rings (SSSR count). The van der Waals surface area contributed by atoms with Gasteiger partial charge in [-0.3, -0.25) is 4.79 Å². The van der Waals surface area contributed by atoms with Gasteiger partial charge in [0.25, 0.3) is 5.91 Å². The van der Waals surface area contributed by atoms with Crippen LogP contribution in [0.4, 0.5) is 0 Å². The lowest BCUT2D eigenvalue weighted by molar-refractivity contribution is 0.0937. The van der Waals surface area contributed by atoms with Crippen LogP contribution >= 0.6 is 0 Å². The second kappa shape index (κ2) is 7.68. The molecule has 1 aromatic carbocycles. The van der Waals surface area contributed by atoms with E-state index in [9.17, 15) is 4.79 Å². The van der Waals surface area contributed by atoms with Crippen LogP contribution in [-0.2, 0) is 0 Å². The smallest absolute Gasteiger partial charge is 0.253 e. The molecular formula is C16H23N5O. The zero-order valence-electron chi connectivity index (χ0n) is 13.4. The molecule has 0 radical (unpaired) electrons. The zero-order chi connectivity index (χ0) is 15.9. The summed E-state index contributed by atoms with van der Waals surface area (Å²) in [6.45, 7) is 6.02. The van der Waals surface area contributed by atoms with Crippen molar-refractivity contribution in [2.45, 2.75) is 52.5 Å². The molecule has 0 saturated heterocycles. The molecule has 118 valence electrons. The Hall–Kier alpha value is -2.24. The molecule has 1 aromatic heterocycles. The van der Waals surface area contributed by atoms with Crippen LogP contribution < -0.4 is 5.32 Å². The Morgan fingerprint density at radius 1 is 1.32 bits per heavy atom. The normalized spacial score (nSPS) is 12.1. The Bertz CT molecular complexity index is 623. The van der Waals surface area contributed by atoms with Gasteiger partial charge in [-0.15, -0.1) is 5.10 Å². The van der Waals surface area contributed by atoms with Gasteiger partial charge in [-0.2, -0.15) is 4.68 Å². The van der Waals surface area contributed by atoms with E-state index in [-0.39, 0.29) is 11.9 Å². The number of nitrogens with one attached hydrogen (secondary N) is 1. The number of carbonyl (C=O) groups excluding carboxylic acids is 1. The Morgan fingerprint density at radius 3 is 2.77 bits per heavy atom. The minimum absolute atomic E-state index is 0.0884. The molecule has 0 bridgehead atoms. The first-order valence-electron chi connectivity index (χ1n) is 7.78. The van der Waals surface area contributed by atoms with Gasteiger partial charge in [-0.1, -0.05) is 38.3 Å². The molecule has 0 fully saturated rings. The van der Waals surface area contributed by atoms with Gasteiger partial charge in [0.1, 0.15) is 0 Å². The van der Waals surface area contributed by atoms with Gasteiger partial charge in [0.05, 0.1) is 11.3 Å². The van der Waals surface area contributed by atoms with Crippen LogP contribution in [0.1, 0.15) is 55.7 Å². The first kappa shape index (κ1) is 16.1. The number of amides is 1. The maximum Gasteiger partial charge on any atom is 0.253 e. The molecule has 0 unspecified atom stereocenters. The van der Waals surface area contributed by atoms with Crippen LogP contribution in [0.15, 0.2) is 24.3 Å². The number of carbonyl (C=O) groups is 1. The molecule has 1 N–H and O–H groups in total. The van der Waals surface area contributed by atoms with Crippen LogP contribution in [0.2, 0.25) is 0 Å². The van der Waals surface area contributed by atoms with Crippen molar-refractivity contribution < 1.29 is 4.79 Å². The summed E-state index contributed by atoms with van der Waals surface area (Å²) < 4.78 is 1.58. The SMILES string of the molecule is CCCCC[C@@H](C)NC(=O)c1ccccc1-n1nnnc1C. The van der Waals surface area contributed by atoms with E-state index in [4.69, 9.17) is 0 Å². The maximum absolute atomic E-state index is 12.5. The van der Waals surface area contributed by atoms with Crippen LogP contribution in [0, 0.1) is 6.92 Å². The molecule has 0 spiro atoms. The monoisotopic (exact) mass is 301 g/mol. The molecule has 0 aliphatic heterocycles. The summed E-state index contributed by atoms with van der Waals surface area (Å²) in [5.41, 5.74) is 1.28. The lowest BCUT2D eigenvalue weighted by Crippen LogP contribution is -2.33. The van der Waals surface area contributed by atoms with E-state index in [1.807, 2.05) is 32.0 Å². The molecule has 0 saturated carbocycles. The number of para-hydroxylation sites is 1. The highest BCUT2D eigenvalue weighted by Gasteiger charge is 2.16. The minimum atomic E-state index is -0.0884. The molecule has 1 amide bonds. The standard InChI is InChI=1S/C16H23N5O/c1-4-5-6-9-12(2)17-16(22)14-10-7-8-11-15(14)21-13(3)18-19-20-21/h7-8,10-12H,4-6,9H2,1-3H3,(H,17,22)/t12-/m1/s1. The first-order valence-corrected chi connectivity index (χ1v) is 7.78. The number of aromatic nitrogens is 4. The third kappa shape index (κ3) is 3.90. The van der Waals surface area contributed by atoms with Crippen LogP contribution in [0.5, 0.6) is 0 Å².